The van der Waals surface area contributed by atoms with Crippen molar-refractivity contribution in [2.75, 3.05) is 16.1 Å². The van der Waals surface area contributed by atoms with Crippen LogP contribution < -0.4 is 21.4 Å². The molecule has 0 unspecified atom stereocenters. The van der Waals surface area contributed by atoms with E-state index < -0.39 is 17.7 Å². The zero-order valence-electron chi connectivity index (χ0n) is 25.5. The number of amides is 4. The maximum atomic E-state index is 12.9. The first kappa shape index (κ1) is 29.8. The van der Waals surface area contributed by atoms with Gasteiger partial charge in [-0.15, -0.1) is 0 Å². The SMILES string of the molecule is CC(=O)NC1=Cc2cc3ccc(cc4nc(cc5c(-c6ccccc6)c(NC(C)=O)c(c(NC(C)=O)c1n2)n5NC(C)=O)C=C4)[nH]3. The summed E-state index contributed by atoms with van der Waals surface area (Å²) in [4.78, 5) is 63.8. The van der Waals surface area contributed by atoms with E-state index >= 15 is 0 Å². The number of carbonyl (C=O) groups excluding carboxylic acids is 4. The van der Waals surface area contributed by atoms with Crippen LogP contribution in [0.15, 0.2) is 60.7 Å². The minimum atomic E-state index is -0.449. The van der Waals surface area contributed by atoms with Crippen molar-refractivity contribution in [3.63, 3.8) is 0 Å². The van der Waals surface area contributed by atoms with Crippen LogP contribution in [0, 0.1) is 0 Å². The fraction of sp³-hybridized carbons (Fsp3) is 0.118. The van der Waals surface area contributed by atoms with Crippen LogP contribution in [0.4, 0.5) is 11.4 Å². The summed E-state index contributed by atoms with van der Waals surface area (Å²) < 4.78 is 1.50. The number of benzene rings is 1. The highest BCUT2D eigenvalue weighted by Gasteiger charge is 2.27. The van der Waals surface area contributed by atoms with Crippen LogP contribution in [-0.2, 0) is 19.2 Å². The van der Waals surface area contributed by atoms with E-state index in [1.54, 1.807) is 18.2 Å². The number of nitrogens with one attached hydrogen (secondary N) is 5. The van der Waals surface area contributed by atoms with E-state index in [2.05, 4.69) is 26.4 Å². The van der Waals surface area contributed by atoms with Crippen LogP contribution in [0.25, 0.3) is 57.1 Å². The molecule has 230 valence electrons. The van der Waals surface area contributed by atoms with Gasteiger partial charge in [-0.2, -0.15) is 0 Å². The number of aromatic amines is 1. The van der Waals surface area contributed by atoms with Crippen molar-refractivity contribution in [1.29, 1.82) is 0 Å². The number of carbonyl (C=O) groups is 4. The number of fused-ring (bicyclic) bond motifs is 8. The van der Waals surface area contributed by atoms with Gasteiger partial charge in [-0.25, -0.2) is 14.6 Å². The molecule has 0 radical (unpaired) electrons. The molecule has 0 atom stereocenters. The maximum Gasteiger partial charge on any atom is 0.235 e. The Balaban J connectivity index is 1.93. The van der Waals surface area contributed by atoms with Crippen LogP contribution in [0.3, 0.4) is 0 Å². The average Bonchev–Trinajstić information content (AvgIpc) is 3.75. The molecule has 0 spiro atoms. The van der Waals surface area contributed by atoms with Crippen molar-refractivity contribution in [2.45, 2.75) is 27.7 Å². The molecule has 3 aromatic heterocycles. The third-order valence-corrected chi connectivity index (χ3v) is 7.02. The van der Waals surface area contributed by atoms with Gasteiger partial charge in [0, 0.05) is 44.3 Å². The van der Waals surface area contributed by atoms with E-state index in [9.17, 15) is 19.2 Å². The molecule has 4 amide bonds. The van der Waals surface area contributed by atoms with Gasteiger partial charge in [0.15, 0.2) is 0 Å². The first-order chi connectivity index (χ1) is 22.0. The number of nitrogens with zero attached hydrogens (tertiary/aromatic N) is 3. The van der Waals surface area contributed by atoms with Crippen molar-refractivity contribution >= 4 is 81.0 Å². The van der Waals surface area contributed by atoms with Crippen LogP contribution in [-0.4, -0.2) is 43.3 Å². The fourth-order valence-electron chi connectivity index (χ4n) is 5.44. The molecule has 4 aromatic rings. The Morgan fingerprint density at radius 1 is 0.674 bits per heavy atom. The summed E-state index contributed by atoms with van der Waals surface area (Å²) in [7, 11) is 0. The van der Waals surface area contributed by atoms with Crippen LogP contribution in [0.5, 0.6) is 0 Å². The normalized spacial score (nSPS) is 11.9. The highest BCUT2D eigenvalue weighted by atomic mass is 16.2. The Hall–Kier alpha value is -6.30. The summed E-state index contributed by atoms with van der Waals surface area (Å²) in [5.41, 5.74) is 9.05. The van der Waals surface area contributed by atoms with E-state index in [-0.39, 0.29) is 22.8 Å². The second kappa shape index (κ2) is 12.0. The Bertz CT molecular complexity index is 2170. The van der Waals surface area contributed by atoms with Gasteiger partial charge < -0.3 is 20.9 Å². The quantitative estimate of drug-likeness (QED) is 0.181. The summed E-state index contributed by atoms with van der Waals surface area (Å²) in [5, 5.41) is 8.64. The standard InChI is InChI=1S/C34H30N8O4/c1-18(43)35-28-16-27-15-25-11-10-23(38-25)14-24-12-13-26(39-24)17-29-30(22-8-6-5-7-9-22)32(36-19(2)44)34(42(29)41-21(4)46)33(31(28)40-27)37-20(3)45/h5-17,38H,1-4H3,(H,35,43)(H,36,44)(H,37,45)(H,41,46). The lowest BCUT2D eigenvalue weighted by molar-refractivity contribution is -0.118. The van der Waals surface area contributed by atoms with Gasteiger partial charge in [-0.3, -0.25) is 24.6 Å². The lowest BCUT2D eigenvalue weighted by atomic mass is 10.0. The van der Waals surface area contributed by atoms with Crippen molar-refractivity contribution in [2.24, 2.45) is 0 Å². The molecule has 5 N–H and O–H groups in total. The van der Waals surface area contributed by atoms with Crippen LogP contribution >= 0.6 is 0 Å². The smallest absolute Gasteiger partial charge is 0.235 e. The molecular weight excluding hydrogens is 584 g/mol. The lowest BCUT2D eigenvalue weighted by Crippen LogP contribution is -2.22. The number of hydrogen-bond acceptors (Lipinski definition) is 6. The van der Waals surface area contributed by atoms with Gasteiger partial charge in [0.2, 0.25) is 23.6 Å². The number of aromatic nitrogens is 4. The molecule has 2 aliphatic rings. The third kappa shape index (κ3) is 6.04. The molecule has 1 aromatic carbocycles. The summed E-state index contributed by atoms with van der Waals surface area (Å²) in [5.74, 6) is -1.62. The molecular formula is C34H30N8O4. The third-order valence-electron chi connectivity index (χ3n) is 7.02. The molecule has 0 fully saturated rings. The Morgan fingerprint density at radius 2 is 1.28 bits per heavy atom. The van der Waals surface area contributed by atoms with Gasteiger partial charge in [-0.05, 0) is 54.1 Å². The monoisotopic (exact) mass is 614 g/mol. The van der Waals surface area contributed by atoms with Crippen molar-refractivity contribution in [1.82, 2.24) is 24.9 Å². The Kier molecular flexibility index (Phi) is 7.76. The first-order valence-corrected chi connectivity index (χ1v) is 14.4. The van der Waals surface area contributed by atoms with Crippen molar-refractivity contribution in [3.8, 4) is 11.1 Å². The number of H-pyrrole nitrogens is 1. The van der Waals surface area contributed by atoms with Crippen LogP contribution in [0.1, 0.15) is 50.5 Å². The highest BCUT2D eigenvalue weighted by Crippen LogP contribution is 2.43. The first-order valence-electron chi connectivity index (χ1n) is 14.4. The summed E-state index contributed by atoms with van der Waals surface area (Å²) in [6.07, 6.45) is 5.40. The summed E-state index contributed by atoms with van der Waals surface area (Å²) in [6.45, 7) is 5.42. The van der Waals surface area contributed by atoms with Gasteiger partial charge in [0.25, 0.3) is 0 Å². The van der Waals surface area contributed by atoms with Gasteiger partial charge in [-0.1, -0.05) is 30.3 Å². The van der Waals surface area contributed by atoms with E-state index in [1.165, 1.54) is 32.4 Å². The molecule has 46 heavy (non-hydrogen) atoms. The maximum absolute atomic E-state index is 12.9. The zero-order chi connectivity index (χ0) is 32.5. The molecule has 2 aliphatic heterocycles. The molecule has 5 heterocycles. The molecule has 0 aliphatic carbocycles. The van der Waals surface area contributed by atoms with Crippen molar-refractivity contribution in [3.05, 3.63) is 83.4 Å². The molecule has 12 nitrogen and oxygen atoms in total. The minimum Gasteiger partial charge on any atom is -0.355 e. The van der Waals surface area contributed by atoms with Crippen LogP contribution in [0.2, 0.25) is 0 Å². The van der Waals surface area contributed by atoms with E-state index in [4.69, 9.17) is 9.97 Å². The summed E-state index contributed by atoms with van der Waals surface area (Å²) >= 11 is 0. The lowest BCUT2D eigenvalue weighted by Gasteiger charge is -2.14. The molecule has 0 saturated heterocycles. The predicted molar refractivity (Wildman–Crippen MR) is 179 cm³/mol. The van der Waals surface area contributed by atoms with Gasteiger partial charge >= 0.3 is 0 Å². The molecule has 8 bridgehead atoms. The number of anilines is 2. The molecule has 12 heteroatoms. The molecule has 6 rings (SSSR count). The minimum absolute atomic E-state index is 0.133. The second-order valence-corrected chi connectivity index (χ2v) is 10.8. The largest absolute Gasteiger partial charge is 0.355 e. The molecule has 0 saturated carbocycles. The van der Waals surface area contributed by atoms with E-state index in [0.717, 1.165) is 11.0 Å². The topological polar surface area (TPSA) is 163 Å². The second-order valence-electron chi connectivity index (χ2n) is 10.8. The Morgan fingerprint density at radius 3 is 1.91 bits per heavy atom. The predicted octanol–water partition coefficient (Wildman–Crippen LogP) is 5.27. The number of hydrogen-bond donors (Lipinski definition) is 5. The number of rotatable bonds is 5. The zero-order valence-corrected chi connectivity index (χ0v) is 25.5. The summed E-state index contributed by atoms with van der Waals surface area (Å²) in [6, 6.07) is 18.6. The van der Waals surface area contributed by atoms with E-state index in [0.29, 0.717) is 45.1 Å². The van der Waals surface area contributed by atoms with Gasteiger partial charge in [0.1, 0.15) is 11.2 Å². The van der Waals surface area contributed by atoms with Gasteiger partial charge in [0.05, 0.1) is 39.7 Å². The van der Waals surface area contributed by atoms with E-state index in [1.807, 2.05) is 60.7 Å². The highest BCUT2D eigenvalue weighted by molar-refractivity contribution is 6.15. The average molecular weight is 615 g/mol. The van der Waals surface area contributed by atoms with Crippen molar-refractivity contribution < 1.29 is 19.2 Å². The Labute approximate surface area is 263 Å². The fourth-order valence-corrected chi connectivity index (χ4v) is 5.44.